The molecule has 1 aliphatic heterocycles. The molecule has 0 amide bonds. The van der Waals surface area contributed by atoms with Gasteiger partial charge in [0.15, 0.2) is 5.78 Å². The Bertz CT molecular complexity index is 1300. The van der Waals surface area contributed by atoms with Gasteiger partial charge in [0.05, 0.1) is 17.6 Å². The molecular formula is C25H25N7O. The first-order valence-corrected chi connectivity index (χ1v) is 11.0. The topological polar surface area (TPSA) is 101 Å². The fourth-order valence-electron chi connectivity index (χ4n) is 4.00. The first-order valence-electron chi connectivity index (χ1n) is 11.0. The summed E-state index contributed by atoms with van der Waals surface area (Å²) in [7, 11) is 2.12. The average molecular weight is 440 g/mol. The highest BCUT2D eigenvalue weighted by molar-refractivity contribution is 5.98. The second-order valence-corrected chi connectivity index (χ2v) is 8.37. The van der Waals surface area contributed by atoms with E-state index in [-0.39, 0.29) is 12.2 Å². The zero-order valence-electron chi connectivity index (χ0n) is 18.5. The smallest absolute Gasteiger partial charge is 0.169 e. The zero-order chi connectivity index (χ0) is 22.8. The molecule has 33 heavy (non-hydrogen) atoms. The summed E-state index contributed by atoms with van der Waals surface area (Å²) in [6.45, 7) is 3.79. The monoisotopic (exact) mass is 439 g/mol. The number of nitrogens with zero attached hydrogens (tertiary/aromatic N) is 6. The van der Waals surface area contributed by atoms with Gasteiger partial charge in [-0.05, 0) is 55.1 Å². The Balaban J connectivity index is 1.36. The fourth-order valence-corrected chi connectivity index (χ4v) is 4.00. The number of rotatable bonds is 5. The molecule has 1 aromatic carbocycles. The van der Waals surface area contributed by atoms with Crippen molar-refractivity contribution in [1.82, 2.24) is 25.1 Å². The molecule has 0 bridgehead atoms. The molecule has 8 nitrogen and oxygen atoms in total. The van der Waals surface area contributed by atoms with Crippen molar-refractivity contribution in [2.75, 3.05) is 43.9 Å². The molecule has 0 atom stereocenters. The number of nitrogen functional groups attached to an aromatic ring is 1. The number of carbonyl (C=O) groups is 1. The molecule has 3 aromatic heterocycles. The summed E-state index contributed by atoms with van der Waals surface area (Å²) in [5.41, 5.74) is 9.72. The number of hydrogen-bond donors (Lipinski definition) is 1. The number of fused-ring (bicyclic) bond motifs is 1. The predicted molar refractivity (Wildman–Crippen MR) is 129 cm³/mol. The largest absolute Gasteiger partial charge is 0.384 e. The maximum Gasteiger partial charge on any atom is 0.169 e. The summed E-state index contributed by atoms with van der Waals surface area (Å²) in [6.07, 6.45) is 3.64. The van der Waals surface area contributed by atoms with E-state index >= 15 is 0 Å². The van der Waals surface area contributed by atoms with Crippen LogP contribution in [0, 0.1) is 0 Å². The van der Waals surface area contributed by atoms with Crippen LogP contribution in [0.2, 0.25) is 0 Å². The van der Waals surface area contributed by atoms with Crippen molar-refractivity contribution >= 4 is 28.3 Å². The Kier molecular flexibility index (Phi) is 5.66. The van der Waals surface area contributed by atoms with Crippen molar-refractivity contribution in [3.05, 3.63) is 72.2 Å². The highest BCUT2D eigenvalue weighted by Crippen LogP contribution is 2.24. The second kappa shape index (κ2) is 8.91. The van der Waals surface area contributed by atoms with Gasteiger partial charge in [0.1, 0.15) is 11.6 Å². The summed E-state index contributed by atoms with van der Waals surface area (Å²) in [4.78, 5) is 26.2. The Morgan fingerprint density at radius 2 is 1.76 bits per heavy atom. The molecule has 0 unspecified atom stereocenters. The summed E-state index contributed by atoms with van der Waals surface area (Å²) < 4.78 is 0. The molecule has 1 aliphatic rings. The van der Waals surface area contributed by atoms with E-state index < -0.39 is 0 Å². The van der Waals surface area contributed by atoms with E-state index in [0.717, 1.165) is 54.0 Å². The van der Waals surface area contributed by atoms with Crippen LogP contribution in [0.4, 0.5) is 11.6 Å². The lowest BCUT2D eigenvalue weighted by atomic mass is 10.0. The summed E-state index contributed by atoms with van der Waals surface area (Å²) in [5.74, 6) is 1.33. The van der Waals surface area contributed by atoms with E-state index in [4.69, 9.17) is 5.73 Å². The van der Waals surface area contributed by atoms with Crippen molar-refractivity contribution in [2.45, 2.75) is 6.42 Å². The van der Waals surface area contributed by atoms with Gasteiger partial charge in [-0.2, -0.15) is 10.2 Å². The number of Topliss-reactive ketones (excluding diaryl/α,β-unsaturated/α-hetero) is 1. The van der Waals surface area contributed by atoms with Gasteiger partial charge in [-0.25, -0.2) is 9.97 Å². The normalized spacial score (nSPS) is 14.5. The third-order valence-corrected chi connectivity index (χ3v) is 5.99. The highest BCUT2D eigenvalue weighted by Gasteiger charge is 2.17. The number of nitrogens with two attached hydrogens (primary N) is 1. The van der Waals surface area contributed by atoms with Crippen LogP contribution in [0.1, 0.15) is 16.1 Å². The number of piperazine rings is 1. The van der Waals surface area contributed by atoms with Crippen LogP contribution in [-0.4, -0.2) is 64.1 Å². The molecule has 1 fully saturated rings. The molecule has 4 heterocycles. The number of hydrogen-bond acceptors (Lipinski definition) is 8. The quantitative estimate of drug-likeness (QED) is 0.474. The number of anilines is 2. The minimum absolute atomic E-state index is 0.000293. The van der Waals surface area contributed by atoms with Gasteiger partial charge in [-0.15, -0.1) is 0 Å². The van der Waals surface area contributed by atoms with Crippen molar-refractivity contribution in [2.24, 2.45) is 0 Å². The molecular weight excluding hydrogens is 414 g/mol. The molecule has 5 rings (SSSR count). The van der Waals surface area contributed by atoms with E-state index in [1.54, 1.807) is 24.5 Å². The van der Waals surface area contributed by atoms with E-state index in [9.17, 15) is 4.79 Å². The SMILES string of the molecule is CN1CCN(c2cc(C(=O)Cc3cc4cc(-c5ccc(N)nc5)ccc4nn3)ccn2)CC1. The third-order valence-electron chi connectivity index (χ3n) is 5.99. The first-order chi connectivity index (χ1) is 16.0. The summed E-state index contributed by atoms with van der Waals surface area (Å²) in [5, 5.41) is 9.51. The first kappa shape index (κ1) is 21.0. The van der Waals surface area contributed by atoms with Crippen molar-refractivity contribution in [3.63, 3.8) is 0 Å². The van der Waals surface area contributed by atoms with Gasteiger partial charge in [0.2, 0.25) is 0 Å². The van der Waals surface area contributed by atoms with Crippen LogP contribution in [0.5, 0.6) is 0 Å². The molecule has 8 heteroatoms. The average Bonchev–Trinajstić information content (AvgIpc) is 2.84. The molecule has 2 N–H and O–H groups in total. The lowest BCUT2D eigenvalue weighted by molar-refractivity contribution is 0.0991. The van der Waals surface area contributed by atoms with Gasteiger partial charge in [0.25, 0.3) is 0 Å². The molecule has 166 valence electrons. The van der Waals surface area contributed by atoms with Crippen molar-refractivity contribution in [3.8, 4) is 11.1 Å². The number of benzene rings is 1. The van der Waals surface area contributed by atoms with Crippen LogP contribution in [0.3, 0.4) is 0 Å². The number of carbonyl (C=O) groups excluding carboxylic acids is 1. The van der Waals surface area contributed by atoms with Crippen LogP contribution < -0.4 is 10.6 Å². The Labute approximate surface area is 192 Å². The van der Waals surface area contributed by atoms with E-state index in [0.29, 0.717) is 17.1 Å². The second-order valence-electron chi connectivity index (χ2n) is 8.37. The number of pyridine rings is 2. The minimum Gasteiger partial charge on any atom is -0.384 e. The molecule has 0 saturated carbocycles. The lowest BCUT2D eigenvalue weighted by Crippen LogP contribution is -2.44. The Morgan fingerprint density at radius 1 is 0.939 bits per heavy atom. The Hall–Kier alpha value is -3.91. The van der Waals surface area contributed by atoms with Gasteiger partial charge in [0, 0.05) is 55.1 Å². The van der Waals surface area contributed by atoms with Crippen LogP contribution in [0.25, 0.3) is 22.0 Å². The molecule has 0 spiro atoms. The van der Waals surface area contributed by atoms with Crippen molar-refractivity contribution < 1.29 is 4.79 Å². The van der Waals surface area contributed by atoms with Gasteiger partial charge in [-0.1, -0.05) is 6.07 Å². The van der Waals surface area contributed by atoms with Gasteiger partial charge in [-0.3, -0.25) is 4.79 Å². The molecule has 0 aliphatic carbocycles. The maximum absolute atomic E-state index is 13.0. The van der Waals surface area contributed by atoms with Gasteiger partial charge < -0.3 is 15.5 Å². The predicted octanol–water partition coefficient (Wildman–Crippen LogP) is 2.85. The zero-order valence-corrected chi connectivity index (χ0v) is 18.5. The Morgan fingerprint density at radius 3 is 2.55 bits per heavy atom. The highest BCUT2D eigenvalue weighted by atomic mass is 16.1. The van der Waals surface area contributed by atoms with Crippen molar-refractivity contribution in [1.29, 1.82) is 0 Å². The minimum atomic E-state index is 0.000293. The summed E-state index contributed by atoms with van der Waals surface area (Å²) >= 11 is 0. The molecule has 1 saturated heterocycles. The number of ketones is 1. The molecule has 0 radical (unpaired) electrons. The van der Waals surface area contributed by atoms with Crippen LogP contribution >= 0.6 is 0 Å². The lowest BCUT2D eigenvalue weighted by Gasteiger charge is -2.33. The standard InChI is InChI=1S/C25H25N7O/c1-31-8-10-32(11-9-31)25-14-18(6-7-27-25)23(33)15-21-13-20-12-17(2-4-22(20)30-29-21)19-3-5-24(26)28-16-19/h2-7,12-14,16H,8-11,15H2,1H3,(H2,26,28). The maximum atomic E-state index is 13.0. The van der Waals surface area contributed by atoms with Crippen LogP contribution in [-0.2, 0) is 6.42 Å². The van der Waals surface area contributed by atoms with Gasteiger partial charge >= 0.3 is 0 Å². The van der Waals surface area contributed by atoms with E-state index in [2.05, 4.69) is 37.0 Å². The van der Waals surface area contributed by atoms with Crippen LogP contribution in [0.15, 0.2) is 60.9 Å². The summed E-state index contributed by atoms with van der Waals surface area (Å²) in [6, 6.07) is 15.2. The number of aromatic nitrogens is 4. The number of likely N-dealkylation sites (N-methyl/N-ethyl adjacent to an activating group) is 1. The molecule has 4 aromatic rings. The van der Waals surface area contributed by atoms with E-state index in [1.165, 1.54) is 0 Å². The van der Waals surface area contributed by atoms with E-state index in [1.807, 2.05) is 36.4 Å². The third kappa shape index (κ3) is 4.65. The fraction of sp³-hybridized carbons (Fsp3) is 0.240.